The maximum absolute atomic E-state index is 9.94. The molecule has 0 amide bonds. The highest BCUT2D eigenvalue weighted by Gasteiger charge is 2.41. The van der Waals surface area contributed by atoms with Crippen molar-refractivity contribution >= 4 is 0 Å². The van der Waals surface area contributed by atoms with Crippen LogP contribution in [0.1, 0.15) is 32.1 Å². The average molecular weight is 155 g/mol. The Kier molecular flexibility index (Phi) is 1.69. The average Bonchev–Trinajstić information content (AvgIpc) is 2.31. The van der Waals surface area contributed by atoms with Gasteiger partial charge in [0.25, 0.3) is 0 Å². The van der Waals surface area contributed by atoms with Gasteiger partial charge in [-0.2, -0.15) is 0 Å². The van der Waals surface area contributed by atoms with Crippen molar-refractivity contribution < 1.29 is 5.11 Å². The molecular formula is C9H17NO. The Morgan fingerprint density at radius 2 is 1.82 bits per heavy atom. The molecule has 11 heavy (non-hydrogen) atoms. The lowest BCUT2D eigenvalue weighted by Gasteiger charge is -2.35. The van der Waals surface area contributed by atoms with Gasteiger partial charge in [-0.05, 0) is 31.1 Å². The molecule has 0 aromatic heterocycles. The predicted octanol–water partition coefficient (Wildman–Crippen LogP) is 0.886. The molecule has 0 aliphatic heterocycles. The van der Waals surface area contributed by atoms with Crippen molar-refractivity contribution in [1.29, 1.82) is 0 Å². The van der Waals surface area contributed by atoms with Crippen molar-refractivity contribution in [3.8, 4) is 0 Å². The number of rotatable bonds is 1. The molecule has 2 saturated carbocycles. The Hall–Kier alpha value is -0.0800. The molecule has 2 nitrogen and oxygen atoms in total. The second kappa shape index (κ2) is 2.46. The number of hydrogen-bond donors (Lipinski definition) is 2. The number of hydrogen-bond acceptors (Lipinski definition) is 2. The first-order chi connectivity index (χ1) is 5.22. The lowest BCUT2D eigenvalue weighted by molar-refractivity contribution is -0.0121. The molecule has 0 aromatic rings. The van der Waals surface area contributed by atoms with Gasteiger partial charge in [-0.1, -0.05) is 12.8 Å². The molecule has 0 saturated heterocycles. The maximum atomic E-state index is 9.94. The molecule has 2 heteroatoms. The van der Waals surface area contributed by atoms with Crippen LogP contribution in [0.25, 0.3) is 0 Å². The smallest absolute Gasteiger partial charge is 0.0774 e. The van der Waals surface area contributed by atoms with E-state index in [9.17, 15) is 5.11 Å². The van der Waals surface area contributed by atoms with Gasteiger partial charge in [0.2, 0.25) is 0 Å². The Balaban J connectivity index is 2.07. The van der Waals surface area contributed by atoms with Crippen molar-refractivity contribution in [1.82, 2.24) is 0 Å². The summed E-state index contributed by atoms with van der Waals surface area (Å²) in [6, 6.07) is 0. The van der Waals surface area contributed by atoms with E-state index in [1.807, 2.05) is 0 Å². The number of nitrogens with two attached hydrogens (primary N) is 1. The van der Waals surface area contributed by atoms with Gasteiger partial charge in [0.15, 0.2) is 0 Å². The van der Waals surface area contributed by atoms with Gasteiger partial charge in [0, 0.05) is 6.54 Å². The molecule has 0 aromatic carbocycles. The normalized spacial score (nSPS) is 49.6. The second-order valence-corrected chi connectivity index (χ2v) is 4.38. The first-order valence-electron chi connectivity index (χ1n) is 4.64. The fourth-order valence-electron chi connectivity index (χ4n) is 2.87. The minimum Gasteiger partial charge on any atom is -0.389 e. The third kappa shape index (κ3) is 1.30. The Labute approximate surface area is 67.8 Å². The van der Waals surface area contributed by atoms with E-state index in [-0.39, 0.29) is 0 Å². The van der Waals surface area contributed by atoms with E-state index in [0.717, 1.165) is 24.7 Å². The lowest BCUT2D eigenvalue weighted by atomic mass is 9.78. The molecule has 2 fully saturated rings. The zero-order chi connectivity index (χ0) is 7.90. The molecular weight excluding hydrogens is 138 g/mol. The molecule has 2 bridgehead atoms. The van der Waals surface area contributed by atoms with E-state index in [0.29, 0.717) is 6.54 Å². The highest BCUT2D eigenvalue weighted by atomic mass is 16.3. The molecule has 0 radical (unpaired) electrons. The van der Waals surface area contributed by atoms with Crippen LogP contribution in [-0.4, -0.2) is 17.3 Å². The topological polar surface area (TPSA) is 46.2 Å². The Bertz CT molecular complexity index is 146. The molecule has 0 spiro atoms. The first kappa shape index (κ1) is 7.56. The highest BCUT2D eigenvalue weighted by molar-refractivity contribution is 4.94. The van der Waals surface area contributed by atoms with Crippen molar-refractivity contribution in [2.24, 2.45) is 17.6 Å². The molecule has 2 atom stereocenters. The van der Waals surface area contributed by atoms with Crippen molar-refractivity contribution in [2.45, 2.75) is 37.7 Å². The van der Waals surface area contributed by atoms with Crippen LogP contribution in [0, 0.1) is 11.8 Å². The van der Waals surface area contributed by atoms with E-state index in [4.69, 9.17) is 5.73 Å². The van der Waals surface area contributed by atoms with Crippen molar-refractivity contribution in [3.63, 3.8) is 0 Å². The van der Waals surface area contributed by atoms with Crippen LogP contribution in [-0.2, 0) is 0 Å². The van der Waals surface area contributed by atoms with Gasteiger partial charge < -0.3 is 10.8 Å². The van der Waals surface area contributed by atoms with Crippen LogP contribution in [0.4, 0.5) is 0 Å². The highest BCUT2D eigenvalue weighted by Crippen LogP contribution is 2.45. The maximum Gasteiger partial charge on any atom is 0.0774 e. The van der Waals surface area contributed by atoms with Crippen LogP contribution in [0.5, 0.6) is 0 Å². The van der Waals surface area contributed by atoms with Crippen LogP contribution in [0.2, 0.25) is 0 Å². The largest absolute Gasteiger partial charge is 0.389 e. The zero-order valence-corrected chi connectivity index (χ0v) is 6.92. The van der Waals surface area contributed by atoms with Crippen LogP contribution >= 0.6 is 0 Å². The summed E-state index contributed by atoms with van der Waals surface area (Å²) in [6.07, 6.45) is 5.92. The van der Waals surface area contributed by atoms with E-state index < -0.39 is 5.60 Å². The summed E-state index contributed by atoms with van der Waals surface area (Å²) < 4.78 is 0. The molecule has 2 rings (SSSR count). The molecule has 2 aliphatic carbocycles. The molecule has 2 unspecified atom stereocenters. The van der Waals surface area contributed by atoms with Crippen LogP contribution < -0.4 is 5.73 Å². The summed E-state index contributed by atoms with van der Waals surface area (Å²) in [5.74, 6) is 1.56. The summed E-state index contributed by atoms with van der Waals surface area (Å²) in [7, 11) is 0. The molecule has 0 heterocycles. The van der Waals surface area contributed by atoms with Gasteiger partial charge in [0.1, 0.15) is 0 Å². The van der Waals surface area contributed by atoms with Gasteiger partial charge >= 0.3 is 0 Å². The second-order valence-electron chi connectivity index (χ2n) is 4.38. The lowest BCUT2D eigenvalue weighted by Crippen LogP contribution is -2.42. The predicted molar refractivity (Wildman–Crippen MR) is 44.1 cm³/mol. The quantitative estimate of drug-likeness (QED) is 0.590. The van der Waals surface area contributed by atoms with Crippen LogP contribution in [0.3, 0.4) is 0 Å². The third-order valence-electron chi connectivity index (χ3n) is 3.37. The SMILES string of the molecule is NCC1(O)CC2CCC(C2)C1. The van der Waals surface area contributed by atoms with Gasteiger partial charge in [-0.15, -0.1) is 0 Å². The number of fused-ring (bicyclic) bond motifs is 2. The van der Waals surface area contributed by atoms with E-state index >= 15 is 0 Å². The monoisotopic (exact) mass is 155 g/mol. The van der Waals surface area contributed by atoms with E-state index in [1.165, 1.54) is 19.3 Å². The Morgan fingerprint density at radius 1 is 1.27 bits per heavy atom. The first-order valence-corrected chi connectivity index (χ1v) is 4.64. The summed E-state index contributed by atoms with van der Waals surface area (Å²) in [4.78, 5) is 0. The standard InChI is InChI=1S/C9H17NO/c10-6-9(11)4-7-1-2-8(3-7)5-9/h7-8,11H,1-6,10H2. The zero-order valence-electron chi connectivity index (χ0n) is 6.92. The fourth-order valence-corrected chi connectivity index (χ4v) is 2.87. The fraction of sp³-hybridized carbons (Fsp3) is 1.00. The summed E-state index contributed by atoms with van der Waals surface area (Å²) >= 11 is 0. The van der Waals surface area contributed by atoms with Crippen molar-refractivity contribution in [2.75, 3.05) is 6.54 Å². The number of aliphatic hydroxyl groups is 1. The minimum absolute atomic E-state index is 0.458. The van der Waals surface area contributed by atoms with E-state index in [1.54, 1.807) is 0 Å². The minimum atomic E-state index is -0.496. The van der Waals surface area contributed by atoms with Gasteiger partial charge in [-0.3, -0.25) is 0 Å². The molecule has 3 N–H and O–H groups in total. The third-order valence-corrected chi connectivity index (χ3v) is 3.37. The summed E-state index contributed by atoms with van der Waals surface area (Å²) in [6.45, 7) is 0.458. The Morgan fingerprint density at radius 3 is 2.27 bits per heavy atom. The van der Waals surface area contributed by atoms with Gasteiger partial charge in [0.05, 0.1) is 5.60 Å². The molecule has 64 valence electrons. The van der Waals surface area contributed by atoms with Crippen molar-refractivity contribution in [3.05, 3.63) is 0 Å². The van der Waals surface area contributed by atoms with Crippen LogP contribution in [0.15, 0.2) is 0 Å². The van der Waals surface area contributed by atoms with E-state index in [2.05, 4.69) is 0 Å². The summed E-state index contributed by atoms with van der Waals surface area (Å²) in [5, 5.41) is 9.94. The van der Waals surface area contributed by atoms with Gasteiger partial charge in [-0.25, -0.2) is 0 Å². The molecule has 2 aliphatic rings. The summed E-state index contributed by atoms with van der Waals surface area (Å²) in [5.41, 5.74) is 5.04.